The number of carboxylic acid groups (broad SMARTS) is 1. The normalized spacial score (nSPS) is 21.8. The van der Waals surface area contributed by atoms with Crippen LogP contribution in [0.3, 0.4) is 0 Å². The third-order valence-corrected chi connectivity index (χ3v) is 4.56. The molecule has 0 radical (unpaired) electrons. The van der Waals surface area contributed by atoms with E-state index in [2.05, 4.69) is 4.90 Å². The van der Waals surface area contributed by atoms with Crippen molar-refractivity contribution >= 4 is 22.3 Å². The van der Waals surface area contributed by atoms with Crippen LogP contribution in [0.15, 0.2) is 12.1 Å². The maximum Gasteiger partial charge on any atom is 0.324 e. The van der Waals surface area contributed by atoms with E-state index in [1.807, 2.05) is 6.92 Å². The van der Waals surface area contributed by atoms with Gasteiger partial charge in [-0.3, -0.25) is 19.8 Å². The van der Waals surface area contributed by atoms with Crippen molar-refractivity contribution in [2.75, 3.05) is 19.8 Å². The Hall–Kier alpha value is -1.51. The number of ether oxygens (including phenoxy) is 1. The molecule has 21 heavy (non-hydrogen) atoms. The van der Waals surface area contributed by atoms with Crippen LogP contribution in [0, 0.1) is 16.0 Å². The molecule has 0 saturated carbocycles. The Morgan fingerprint density at radius 3 is 2.90 bits per heavy atom. The lowest BCUT2D eigenvalue weighted by molar-refractivity contribution is -0.380. The zero-order valence-electron chi connectivity index (χ0n) is 11.7. The van der Waals surface area contributed by atoms with E-state index in [-0.39, 0.29) is 17.6 Å². The molecule has 8 heteroatoms. The quantitative estimate of drug-likeness (QED) is 0.611. The third-order valence-electron chi connectivity index (χ3n) is 3.53. The lowest BCUT2D eigenvalue weighted by atomic mass is 10.0. The fourth-order valence-corrected chi connectivity index (χ4v) is 3.38. The molecule has 0 aliphatic carbocycles. The average Bonchev–Trinajstić information content (AvgIpc) is 3.07. The minimum Gasteiger partial charge on any atom is -0.481 e. The molecule has 1 fully saturated rings. The molecule has 2 heterocycles. The zero-order chi connectivity index (χ0) is 15.4. The van der Waals surface area contributed by atoms with E-state index in [1.54, 1.807) is 6.07 Å². The Balaban J connectivity index is 2.10. The second kappa shape index (κ2) is 6.97. The van der Waals surface area contributed by atoms with Crippen molar-refractivity contribution in [2.24, 2.45) is 5.92 Å². The summed E-state index contributed by atoms with van der Waals surface area (Å²) in [6, 6.07) is 3.05. The van der Waals surface area contributed by atoms with Gasteiger partial charge in [-0.2, -0.15) is 0 Å². The van der Waals surface area contributed by atoms with Crippen LogP contribution < -0.4 is 0 Å². The molecular weight excluding hydrogens is 296 g/mol. The van der Waals surface area contributed by atoms with Crippen LogP contribution in [0.1, 0.15) is 18.2 Å². The van der Waals surface area contributed by atoms with E-state index in [9.17, 15) is 20.0 Å². The monoisotopic (exact) mass is 314 g/mol. The molecule has 2 unspecified atom stereocenters. The number of hydrogen-bond donors (Lipinski definition) is 1. The van der Waals surface area contributed by atoms with Gasteiger partial charge >= 0.3 is 11.0 Å². The second-order valence-corrected chi connectivity index (χ2v) is 6.16. The SMILES string of the molecule is CCCN(Cc1ccc([N+](=O)[O-])s1)C1COCC1C(=O)O. The van der Waals surface area contributed by atoms with Crippen LogP contribution in [0.4, 0.5) is 5.00 Å². The number of thiophene rings is 1. The van der Waals surface area contributed by atoms with Crippen molar-refractivity contribution < 1.29 is 19.6 Å². The first-order valence-electron chi connectivity index (χ1n) is 6.80. The average molecular weight is 314 g/mol. The third kappa shape index (κ3) is 3.78. The zero-order valence-corrected chi connectivity index (χ0v) is 12.5. The summed E-state index contributed by atoms with van der Waals surface area (Å²) in [5, 5.41) is 20.1. The van der Waals surface area contributed by atoms with Crippen LogP contribution in [0.2, 0.25) is 0 Å². The minimum atomic E-state index is -0.851. The Morgan fingerprint density at radius 2 is 2.33 bits per heavy atom. The molecule has 0 bridgehead atoms. The molecule has 1 N–H and O–H groups in total. The van der Waals surface area contributed by atoms with Gasteiger partial charge in [0, 0.05) is 23.5 Å². The standard InChI is InChI=1S/C13H18N2O5S/c1-2-5-14(11-8-20-7-10(11)13(16)17)6-9-3-4-12(21-9)15(18)19/h3-4,10-11H,2,5-8H2,1H3,(H,16,17). The number of aliphatic carboxylic acids is 1. The van der Waals surface area contributed by atoms with Crippen molar-refractivity contribution in [3.8, 4) is 0 Å². The molecule has 2 rings (SSSR count). The van der Waals surface area contributed by atoms with Crippen LogP contribution >= 0.6 is 11.3 Å². The molecule has 0 spiro atoms. The number of nitrogens with zero attached hydrogens (tertiary/aromatic N) is 2. The fourth-order valence-electron chi connectivity index (χ4n) is 2.54. The number of carbonyl (C=O) groups is 1. The molecule has 116 valence electrons. The maximum atomic E-state index is 11.3. The van der Waals surface area contributed by atoms with Gasteiger partial charge in [0.15, 0.2) is 0 Å². The van der Waals surface area contributed by atoms with Gasteiger partial charge in [-0.1, -0.05) is 18.3 Å². The van der Waals surface area contributed by atoms with Crippen molar-refractivity contribution in [2.45, 2.75) is 25.9 Å². The predicted molar refractivity (Wildman–Crippen MR) is 77.4 cm³/mol. The molecule has 1 aliphatic heterocycles. The highest BCUT2D eigenvalue weighted by molar-refractivity contribution is 7.15. The highest BCUT2D eigenvalue weighted by atomic mass is 32.1. The van der Waals surface area contributed by atoms with E-state index in [0.717, 1.165) is 29.2 Å². The van der Waals surface area contributed by atoms with Crippen molar-refractivity contribution in [3.63, 3.8) is 0 Å². The molecule has 7 nitrogen and oxygen atoms in total. The Bertz CT molecular complexity index is 518. The van der Waals surface area contributed by atoms with Crippen LogP contribution in [-0.2, 0) is 16.1 Å². The van der Waals surface area contributed by atoms with E-state index in [1.165, 1.54) is 6.07 Å². The summed E-state index contributed by atoms with van der Waals surface area (Å²) in [6.45, 7) is 3.90. The van der Waals surface area contributed by atoms with Crippen LogP contribution in [0.25, 0.3) is 0 Å². The summed E-state index contributed by atoms with van der Waals surface area (Å²) in [7, 11) is 0. The molecule has 2 atom stereocenters. The van der Waals surface area contributed by atoms with Crippen molar-refractivity contribution in [1.82, 2.24) is 4.90 Å². The summed E-state index contributed by atoms with van der Waals surface area (Å²) in [4.78, 5) is 24.5. The van der Waals surface area contributed by atoms with E-state index >= 15 is 0 Å². The van der Waals surface area contributed by atoms with Gasteiger partial charge in [-0.05, 0) is 19.0 Å². The number of rotatable bonds is 7. The van der Waals surface area contributed by atoms with Crippen LogP contribution in [0.5, 0.6) is 0 Å². The van der Waals surface area contributed by atoms with E-state index < -0.39 is 16.8 Å². The summed E-state index contributed by atoms with van der Waals surface area (Å²) < 4.78 is 5.31. The molecule has 0 amide bonds. The lowest BCUT2D eigenvalue weighted by Crippen LogP contribution is -2.43. The Labute approximate surface area is 126 Å². The largest absolute Gasteiger partial charge is 0.481 e. The summed E-state index contributed by atoms with van der Waals surface area (Å²) in [5.41, 5.74) is 0. The van der Waals surface area contributed by atoms with Gasteiger partial charge in [-0.25, -0.2) is 0 Å². The molecule has 1 aromatic rings. The minimum absolute atomic E-state index is 0.110. The van der Waals surface area contributed by atoms with Crippen molar-refractivity contribution in [1.29, 1.82) is 0 Å². The highest BCUT2D eigenvalue weighted by Gasteiger charge is 2.37. The van der Waals surface area contributed by atoms with Crippen LogP contribution in [-0.4, -0.2) is 46.7 Å². The first kappa shape index (κ1) is 15.9. The summed E-state index contributed by atoms with van der Waals surface area (Å²) >= 11 is 1.13. The number of nitro groups is 1. The molecular formula is C13H18N2O5S. The molecule has 1 aliphatic rings. The summed E-state index contributed by atoms with van der Waals surface area (Å²) in [5.74, 6) is -1.39. The lowest BCUT2D eigenvalue weighted by Gasteiger charge is -2.29. The fraction of sp³-hybridized carbons (Fsp3) is 0.615. The second-order valence-electron chi connectivity index (χ2n) is 5.02. The highest BCUT2D eigenvalue weighted by Crippen LogP contribution is 2.28. The van der Waals surface area contributed by atoms with E-state index in [0.29, 0.717) is 13.2 Å². The van der Waals surface area contributed by atoms with Gasteiger partial charge in [-0.15, -0.1) is 0 Å². The molecule has 1 saturated heterocycles. The number of hydrogen-bond acceptors (Lipinski definition) is 6. The van der Waals surface area contributed by atoms with Gasteiger partial charge in [0.25, 0.3) is 0 Å². The van der Waals surface area contributed by atoms with Crippen molar-refractivity contribution in [3.05, 3.63) is 27.1 Å². The Morgan fingerprint density at radius 1 is 1.57 bits per heavy atom. The maximum absolute atomic E-state index is 11.3. The topological polar surface area (TPSA) is 92.9 Å². The molecule has 1 aromatic heterocycles. The molecule has 0 aromatic carbocycles. The smallest absolute Gasteiger partial charge is 0.324 e. The van der Waals surface area contributed by atoms with Gasteiger partial charge < -0.3 is 9.84 Å². The summed E-state index contributed by atoms with van der Waals surface area (Å²) in [6.07, 6.45) is 0.885. The van der Waals surface area contributed by atoms with E-state index in [4.69, 9.17) is 4.74 Å². The van der Waals surface area contributed by atoms with Gasteiger partial charge in [0.2, 0.25) is 0 Å². The van der Waals surface area contributed by atoms with Gasteiger partial charge in [0.05, 0.1) is 24.1 Å². The Kier molecular flexibility index (Phi) is 5.27. The predicted octanol–water partition coefficient (Wildman–Crippen LogP) is 1.97. The number of carboxylic acids is 1. The first-order valence-corrected chi connectivity index (χ1v) is 7.62. The first-order chi connectivity index (χ1) is 10.0. The van der Waals surface area contributed by atoms with Gasteiger partial charge in [0.1, 0.15) is 0 Å².